The number of ether oxygens (including phenoxy) is 1. The van der Waals surface area contributed by atoms with Gasteiger partial charge in [0.1, 0.15) is 12.3 Å². The average Bonchev–Trinajstić information content (AvgIpc) is 3.21. The van der Waals surface area contributed by atoms with Crippen LogP contribution in [0.25, 0.3) is 11.3 Å². The number of fused-ring (bicyclic) bond motifs is 1. The Morgan fingerprint density at radius 1 is 1.19 bits per heavy atom. The summed E-state index contributed by atoms with van der Waals surface area (Å²) in [5.41, 5.74) is 3.56. The van der Waals surface area contributed by atoms with E-state index in [4.69, 9.17) is 4.74 Å². The first kappa shape index (κ1) is 21.2. The highest BCUT2D eigenvalue weighted by Gasteiger charge is 2.14. The molecule has 0 radical (unpaired) electrons. The van der Waals surface area contributed by atoms with Gasteiger partial charge in [-0.15, -0.1) is 5.10 Å². The third-order valence-corrected chi connectivity index (χ3v) is 5.77. The molecular formula is C20H17BrN6O3S. The number of tetrazole rings is 1. The van der Waals surface area contributed by atoms with Crippen molar-refractivity contribution in [1.29, 1.82) is 0 Å². The largest absolute Gasteiger partial charge is 0.459 e. The van der Waals surface area contributed by atoms with Crippen molar-refractivity contribution in [2.75, 3.05) is 5.75 Å². The minimum absolute atomic E-state index is 0.0186. The Morgan fingerprint density at radius 2 is 2.03 bits per heavy atom. The summed E-state index contributed by atoms with van der Waals surface area (Å²) >= 11 is 4.50. The maximum atomic E-state index is 12.2. The fourth-order valence-corrected chi connectivity index (χ4v) is 3.91. The molecule has 0 saturated heterocycles. The summed E-state index contributed by atoms with van der Waals surface area (Å²) in [4.78, 5) is 28.8. The van der Waals surface area contributed by atoms with E-state index in [0.29, 0.717) is 16.5 Å². The second-order valence-electron chi connectivity index (χ2n) is 6.77. The third-order valence-electron chi connectivity index (χ3n) is 4.41. The molecule has 158 valence electrons. The Bertz CT molecular complexity index is 1340. The highest BCUT2D eigenvalue weighted by molar-refractivity contribution is 9.10. The molecule has 0 aliphatic heterocycles. The van der Waals surface area contributed by atoms with Crippen LogP contribution in [0.4, 0.5) is 0 Å². The Morgan fingerprint density at radius 3 is 2.87 bits per heavy atom. The van der Waals surface area contributed by atoms with E-state index in [9.17, 15) is 9.59 Å². The number of benzene rings is 1. The standard InChI is InChI=1S/C20H17BrN6O3S/c1-12-3-4-13(2)16(7-12)27-20(23-24-25-27)31-11-19(29)30-10-15-8-18(28)26-9-14(21)5-6-17(26)22-15/h3-9H,10-11H2,1-2H3. The lowest BCUT2D eigenvalue weighted by atomic mass is 10.1. The van der Waals surface area contributed by atoms with Crippen LogP contribution in [0.2, 0.25) is 0 Å². The number of aryl methyl sites for hydroxylation is 2. The normalized spacial score (nSPS) is 11.1. The maximum absolute atomic E-state index is 12.2. The summed E-state index contributed by atoms with van der Waals surface area (Å²) in [7, 11) is 0. The zero-order valence-corrected chi connectivity index (χ0v) is 19.1. The van der Waals surface area contributed by atoms with Gasteiger partial charge < -0.3 is 4.74 Å². The van der Waals surface area contributed by atoms with Gasteiger partial charge in [0, 0.05) is 16.7 Å². The zero-order valence-electron chi connectivity index (χ0n) is 16.6. The van der Waals surface area contributed by atoms with Crippen molar-refractivity contribution in [2.24, 2.45) is 0 Å². The number of hydrogen-bond acceptors (Lipinski definition) is 8. The van der Waals surface area contributed by atoms with Crippen LogP contribution in [0, 0.1) is 13.8 Å². The molecule has 0 aliphatic carbocycles. The van der Waals surface area contributed by atoms with E-state index in [-0.39, 0.29) is 17.9 Å². The minimum Gasteiger partial charge on any atom is -0.459 e. The molecule has 11 heteroatoms. The molecule has 0 amide bonds. The molecule has 0 fully saturated rings. The zero-order chi connectivity index (χ0) is 22.0. The molecule has 0 spiro atoms. The van der Waals surface area contributed by atoms with E-state index in [0.717, 1.165) is 21.3 Å². The highest BCUT2D eigenvalue weighted by Crippen LogP contribution is 2.21. The van der Waals surface area contributed by atoms with Crippen molar-refractivity contribution in [3.63, 3.8) is 0 Å². The van der Waals surface area contributed by atoms with Crippen LogP contribution in [0.5, 0.6) is 0 Å². The van der Waals surface area contributed by atoms with Crippen molar-refractivity contribution >= 4 is 39.3 Å². The van der Waals surface area contributed by atoms with E-state index >= 15 is 0 Å². The van der Waals surface area contributed by atoms with Gasteiger partial charge in [-0.25, -0.2) is 4.98 Å². The lowest BCUT2D eigenvalue weighted by Crippen LogP contribution is -2.17. The van der Waals surface area contributed by atoms with Gasteiger partial charge in [0.15, 0.2) is 0 Å². The Kier molecular flexibility index (Phi) is 6.14. The fourth-order valence-electron chi connectivity index (χ4n) is 2.89. The minimum atomic E-state index is -0.460. The number of halogens is 1. The fraction of sp³-hybridized carbons (Fsp3) is 0.200. The van der Waals surface area contributed by atoms with Crippen LogP contribution in [0.3, 0.4) is 0 Å². The van der Waals surface area contributed by atoms with Crippen LogP contribution >= 0.6 is 27.7 Å². The van der Waals surface area contributed by atoms with Crippen LogP contribution < -0.4 is 5.56 Å². The molecule has 0 unspecified atom stereocenters. The molecule has 9 nitrogen and oxygen atoms in total. The molecule has 4 rings (SSSR count). The predicted octanol–water partition coefficient (Wildman–Crippen LogP) is 2.89. The summed E-state index contributed by atoms with van der Waals surface area (Å²) in [6, 6.07) is 10.8. The van der Waals surface area contributed by atoms with Crippen LogP contribution in [-0.4, -0.2) is 41.3 Å². The van der Waals surface area contributed by atoms with Gasteiger partial charge in [-0.1, -0.05) is 23.9 Å². The molecule has 4 aromatic rings. The molecule has 0 aliphatic rings. The number of nitrogens with zero attached hydrogens (tertiary/aromatic N) is 6. The first-order valence-electron chi connectivity index (χ1n) is 9.23. The highest BCUT2D eigenvalue weighted by atomic mass is 79.9. The van der Waals surface area contributed by atoms with E-state index in [1.807, 2.05) is 32.0 Å². The van der Waals surface area contributed by atoms with Crippen LogP contribution in [-0.2, 0) is 16.1 Å². The molecule has 3 heterocycles. The quantitative estimate of drug-likeness (QED) is 0.294. The molecule has 3 aromatic heterocycles. The van der Waals surface area contributed by atoms with E-state index in [1.165, 1.54) is 22.2 Å². The van der Waals surface area contributed by atoms with Gasteiger partial charge in [0.05, 0.1) is 17.1 Å². The molecular weight excluding hydrogens is 484 g/mol. The van der Waals surface area contributed by atoms with E-state index in [2.05, 4.69) is 36.4 Å². The van der Waals surface area contributed by atoms with Gasteiger partial charge in [-0.2, -0.15) is 4.68 Å². The predicted molar refractivity (Wildman–Crippen MR) is 118 cm³/mol. The van der Waals surface area contributed by atoms with Crippen molar-refractivity contribution in [1.82, 2.24) is 29.6 Å². The second-order valence-corrected chi connectivity index (χ2v) is 8.63. The first-order valence-corrected chi connectivity index (χ1v) is 11.0. The first-order chi connectivity index (χ1) is 14.9. The van der Waals surface area contributed by atoms with Gasteiger partial charge in [-0.05, 0) is 69.5 Å². The number of carbonyl (C=O) groups is 1. The molecule has 1 aromatic carbocycles. The maximum Gasteiger partial charge on any atom is 0.316 e. The Hall–Kier alpha value is -3.05. The number of carbonyl (C=O) groups excluding carboxylic acids is 1. The monoisotopic (exact) mass is 500 g/mol. The number of thioether (sulfide) groups is 1. The lowest BCUT2D eigenvalue weighted by Gasteiger charge is -2.09. The lowest BCUT2D eigenvalue weighted by molar-refractivity contribution is -0.141. The molecule has 0 saturated carbocycles. The van der Waals surface area contributed by atoms with Gasteiger partial charge >= 0.3 is 5.97 Å². The van der Waals surface area contributed by atoms with Crippen molar-refractivity contribution < 1.29 is 9.53 Å². The van der Waals surface area contributed by atoms with Gasteiger partial charge in [-0.3, -0.25) is 14.0 Å². The van der Waals surface area contributed by atoms with E-state index < -0.39 is 5.97 Å². The third kappa shape index (κ3) is 4.83. The molecule has 0 atom stereocenters. The van der Waals surface area contributed by atoms with Crippen molar-refractivity contribution in [2.45, 2.75) is 25.6 Å². The Labute approximate surface area is 189 Å². The number of hydrogen-bond donors (Lipinski definition) is 0. The number of aromatic nitrogens is 6. The average molecular weight is 501 g/mol. The van der Waals surface area contributed by atoms with Crippen LogP contribution in [0.15, 0.2) is 57.0 Å². The SMILES string of the molecule is Cc1ccc(C)c(-n2nnnc2SCC(=O)OCc2cc(=O)n3cc(Br)ccc3n2)c1. The number of rotatable bonds is 6. The second kappa shape index (κ2) is 8.98. The summed E-state index contributed by atoms with van der Waals surface area (Å²) < 4.78 is 9.07. The van der Waals surface area contributed by atoms with Gasteiger partial charge in [0.2, 0.25) is 5.16 Å². The van der Waals surface area contributed by atoms with Crippen molar-refractivity contribution in [3.8, 4) is 5.69 Å². The summed E-state index contributed by atoms with van der Waals surface area (Å²) in [6.07, 6.45) is 1.64. The van der Waals surface area contributed by atoms with Crippen LogP contribution in [0.1, 0.15) is 16.8 Å². The number of pyridine rings is 1. The smallest absolute Gasteiger partial charge is 0.316 e. The topological polar surface area (TPSA) is 104 Å². The summed E-state index contributed by atoms with van der Waals surface area (Å²) in [6.45, 7) is 3.86. The summed E-state index contributed by atoms with van der Waals surface area (Å²) in [5.74, 6) is -0.441. The number of esters is 1. The Balaban J connectivity index is 1.40. The molecule has 0 bridgehead atoms. The van der Waals surface area contributed by atoms with Crippen molar-refractivity contribution in [3.05, 3.63) is 74.2 Å². The molecule has 31 heavy (non-hydrogen) atoms. The molecule has 0 N–H and O–H groups in total. The van der Waals surface area contributed by atoms with E-state index in [1.54, 1.807) is 23.0 Å². The summed E-state index contributed by atoms with van der Waals surface area (Å²) in [5, 5.41) is 12.2. The van der Waals surface area contributed by atoms with Gasteiger partial charge in [0.25, 0.3) is 5.56 Å².